The second kappa shape index (κ2) is 17.2. The first kappa shape index (κ1) is 30.6. The molecule has 0 spiro atoms. The zero-order valence-electron chi connectivity index (χ0n) is 21.0. The van der Waals surface area contributed by atoms with E-state index in [1.807, 2.05) is 27.7 Å². The second-order valence-corrected chi connectivity index (χ2v) is 9.42. The number of rotatable bonds is 18. The number of guanidine groups is 1. The second-order valence-electron chi connectivity index (χ2n) is 9.42. The summed E-state index contributed by atoms with van der Waals surface area (Å²) in [6.07, 6.45) is 4.80. The number of aliphatic carboxylic acids is 1. The Morgan fingerprint density at radius 1 is 0.848 bits per heavy atom. The van der Waals surface area contributed by atoms with Crippen LogP contribution in [0, 0.1) is 17.2 Å². The lowest BCUT2D eigenvalue weighted by molar-refractivity contribution is -0.142. The van der Waals surface area contributed by atoms with Gasteiger partial charge in [0.1, 0.15) is 12.1 Å². The SMILES string of the molecule is CCCCCN[C@@H](CC(C)C)C(=O)N[C@@H](CC(C)C)C(=O)NC(CCCNC(=N)N)C(=O)O. The molecule has 0 saturated carbocycles. The molecule has 0 aromatic rings. The monoisotopic (exact) mass is 470 g/mol. The summed E-state index contributed by atoms with van der Waals surface area (Å²) in [6, 6.07) is -2.31. The minimum absolute atomic E-state index is 0.130. The third kappa shape index (κ3) is 15.2. The molecule has 0 saturated heterocycles. The van der Waals surface area contributed by atoms with E-state index in [0.29, 0.717) is 31.7 Å². The number of carboxylic acid groups (broad SMARTS) is 1. The van der Waals surface area contributed by atoms with Crippen LogP contribution in [0.5, 0.6) is 0 Å². The highest BCUT2D eigenvalue weighted by molar-refractivity contribution is 5.91. The van der Waals surface area contributed by atoms with Crippen LogP contribution in [0.2, 0.25) is 0 Å². The van der Waals surface area contributed by atoms with Crippen LogP contribution in [0.3, 0.4) is 0 Å². The van der Waals surface area contributed by atoms with Crippen molar-refractivity contribution in [2.75, 3.05) is 13.1 Å². The van der Waals surface area contributed by atoms with Crippen molar-refractivity contribution in [1.29, 1.82) is 5.41 Å². The van der Waals surface area contributed by atoms with E-state index in [9.17, 15) is 19.5 Å². The van der Waals surface area contributed by atoms with Gasteiger partial charge < -0.3 is 32.1 Å². The number of nitrogens with one attached hydrogen (secondary N) is 5. The Kier molecular flexibility index (Phi) is 15.9. The van der Waals surface area contributed by atoms with E-state index in [1.165, 1.54) is 0 Å². The summed E-state index contributed by atoms with van der Waals surface area (Å²) < 4.78 is 0. The van der Waals surface area contributed by atoms with Gasteiger partial charge in [0.25, 0.3) is 0 Å². The standard InChI is InChI=1S/C23H46N6O4/c1-6-7-8-11-26-18(13-15(2)3)20(30)29-19(14-16(4)5)21(31)28-17(22(32)33)10-9-12-27-23(24)25/h15-19,26H,6-14H2,1-5H3,(H,28,31)(H,29,30)(H,32,33)(H4,24,25,27)/t17?,18-,19-/m0/s1. The van der Waals surface area contributed by atoms with E-state index >= 15 is 0 Å². The number of hydrogen-bond acceptors (Lipinski definition) is 5. The van der Waals surface area contributed by atoms with E-state index in [4.69, 9.17) is 11.1 Å². The Morgan fingerprint density at radius 3 is 1.91 bits per heavy atom. The first-order valence-corrected chi connectivity index (χ1v) is 12.1. The van der Waals surface area contributed by atoms with E-state index in [2.05, 4.69) is 28.2 Å². The molecule has 0 aromatic carbocycles. The minimum atomic E-state index is -1.14. The van der Waals surface area contributed by atoms with E-state index in [1.54, 1.807) is 0 Å². The molecule has 192 valence electrons. The summed E-state index contributed by atoms with van der Waals surface area (Å²) in [5, 5.41) is 28.0. The number of unbranched alkanes of at least 4 members (excludes halogenated alkanes) is 2. The lowest BCUT2D eigenvalue weighted by Gasteiger charge is -2.26. The fourth-order valence-corrected chi connectivity index (χ4v) is 3.44. The molecule has 0 aromatic heterocycles. The molecule has 3 atom stereocenters. The van der Waals surface area contributed by atoms with Crippen molar-refractivity contribution >= 4 is 23.7 Å². The van der Waals surface area contributed by atoms with Crippen molar-refractivity contribution in [3.8, 4) is 0 Å². The number of carbonyl (C=O) groups excluding carboxylic acids is 2. The van der Waals surface area contributed by atoms with Gasteiger partial charge in [0, 0.05) is 6.54 Å². The fourth-order valence-electron chi connectivity index (χ4n) is 3.44. The lowest BCUT2D eigenvalue weighted by atomic mass is 9.99. The number of amides is 2. The van der Waals surface area contributed by atoms with Crippen LogP contribution in [0.1, 0.15) is 79.6 Å². The Hall–Kier alpha value is -2.36. The van der Waals surface area contributed by atoms with Crippen LogP contribution >= 0.6 is 0 Å². The molecular formula is C23H46N6O4. The number of nitrogens with two attached hydrogens (primary N) is 1. The van der Waals surface area contributed by atoms with Gasteiger partial charge >= 0.3 is 5.97 Å². The van der Waals surface area contributed by atoms with E-state index in [0.717, 1.165) is 25.8 Å². The zero-order chi connectivity index (χ0) is 25.4. The van der Waals surface area contributed by atoms with Gasteiger partial charge in [-0.05, 0) is 50.5 Å². The smallest absolute Gasteiger partial charge is 0.326 e. The molecule has 0 bridgehead atoms. The highest BCUT2D eigenvalue weighted by Gasteiger charge is 2.29. The molecule has 0 radical (unpaired) electrons. The first-order valence-electron chi connectivity index (χ1n) is 12.1. The maximum atomic E-state index is 13.0. The van der Waals surface area contributed by atoms with Crippen LogP contribution in [-0.2, 0) is 14.4 Å². The molecule has 0 aliphatic heterocycles. The summed E-state index contributed by atoms with van der Waals surface area (Å²) >= 11 is 0. The number of carbonyl (C=O) groups is 3. The predicted molar refractivity (Wildman–Crippen MR) is 131 cm³/mol. The van der Waals surface area contributed by atoms with Crippen LogP contribution in [-0.4, -0.2) is 60.1 Å². The Balaban J connectivity index is 5.16. The van der Waals surface area contributed by atoms with Gasteiger partial charge in [0.05, 0.1) is 6.04 Å². The maximum Gasteiger partial charge on any atom is 0.326 e. The number of hydrogen-bond donors (Lipinski definition) is 7. The fraction of sp³-hybridized carbons (Fsp3) is 0.826. The van der Waals surface area contributed by atoms with Crippen LogP contribution in [0.25, 0.3) is 0 Å². The molecule has 2 amide bonds. The summed E-state index contributed by atoms with van der Waals surface area (Å²) in [5.74, 6) is -1.64. The van der Waals surface area contributed by atoms with Crippen molar-refractivity contribution in [2.24, 2.45) is 17.6 Å². The average Bonchev–Trinajstić information content (AvgIpc) is 2.70. The van der Waals surface area contributed by atoms with E-state index in [-0.39, 0.29) is 24.2 Å². The highest BCUT2D eigenvalue weighted by atomic mass is 16.4. The molecule has 0 heterocycles. The van der Waals surface area contributed by atoms with Crippen molar-refractivity contribution in [3.05, 3.63) is 0 Å². The van der Waals surface area contributed by atoms with Gasteiger partial charge in [-0.25, -0.2) is 4.79 Å². The quantitative estimate of drug-likeness (QED) is 0.0905. The van der Waals surface area contributed by atoms with Gasteiger partial charge in [-0.2, -0.15) is 0 Å². The summed E-state index contributed by atoms with van der Waals surface area (Å²) in [4.78, 5) is 37.6. The van der Waals surface area contributed by atoms with E-state index < -0.39 is 30.0 Å². The molecule has 0 rings (SSSR count). The Labute approximate surface area is 198 Å². The minimum Gasteiger partial charge on any atom is -0.480 e. The van der Waals surface area contributed by atoms with Gasteiger partial charge in [-0.3, -0.25) is 15.0 Å². The van der Waals surface area contributed by atoms with Gasteiger partial charge in [0.15, 0.2) is 5.96 Å². The zero-order valence-corrected chi connectivity index (χ0v) is 21.0. The lowest BCUT2D eigenvalue weighted by Crippen LogP contribution is -2.55. The van der Waals surface area contributed by atoms with Gasteiger partial charge in [-0.15, -0.1) is 0 Å². The van der Waals surface area contributed by atoms with Crippen molar-refractivity contribution in [2.45, 2.75) is 97.7 Å². The molecule has 1 unspecified atom stereocenters. The van der Waals surface area contributed by atoms with Crippen LogP contribution in [0.15, 0.2) is 0 Å². The summed E-state index contributed by atoms with van der Waals surface area (Å²) in [5.41, 5.74) is 5.22. The molecule has 33 heavy (non-hydrogen) atoms. The van der Waals surface area contributed by atoms with Crippen molar-refractivity contribution in [1.82, 2.24) is 21.3 Å². The van der Waals surface area contributed by atoms with Crippen LogP contribution < -0.4 is 27.0 Å². The maximum absolute atomic E-state index is 13.0. The van der Waals surface area contributed by atoms with Crippen molar-refractivity contribution < 1.29 is 19.5 Å². The van der Waals surface area contributed by atoms with Crippen LogP contribution in [0.4, 0.5) is 0 Å². The summed E-state index contributed by atoms with van der Waals surface area (Å²) in [6.45, 7) is 11.2. The predicted octanol–water partition coefficient (Wildman–Crippen LogP) is 1.54. The van der Waals surface area contributed by atoms with Gasteiger partial charge in [0.2, 0.25) is 11.8 Å². The number of carboxylic acids is 1. The Morgan fingerprint density at radius 2 is 1.39 bits per heavy atom. The molecule has 0 fully saturated rings. The molecule has 8 N–H and O–H groups in total. The molecular weight excluding hydrogens is 424 g/mol. The molecule has 10 nitrogen and oxygen atoms in total. The Bertz CT molecular complexity index is 612. The molecule has 0 aliphatic rings. The molecule has 0 aliphatic carbocycles. The van der Waals surface area contributed by atoms with Gasteiger partial charge in [-0.1, -0.05) is 47.5 Å². The topological polar surface area (TPSA) is 169 Å². The molecule has 10 heteroatoms. The third-order valence-corrected chi connectivity index (χ3v) is 5.13. The average molecular weight is 471 g/mol. The largest absolute Gasteiger partial charge is 0.480 e. The first-order chi connectivity index (χ1) is 15.5. The summed E-state index contributed by atoms with van der Waals surface area (Å²) in [7, 11) is 0. The van der Waals surface area contributed by atoms with Crippen molar-refractivity contribution in [3.63, 3.8) is 0 Å². The third-order valence-electron chi connectivity index (χ3n) is 5.13. The highest BCUT2D eigenvalue weighted by Crippen LogP contribution is 2.10. The normalized spacial score (nSPS) is 13.9.